The molecule has 0 aliphatic carbocycles. The summed E-state index contributed by atoms with van der Waals surface area (Å²) in [5, 5.41) is 2.70. The SMILES string of the molecule is Cc1ccnc(NC(=O)c2ccc(-c3nc(C4CCCCN4C(=O)C=CC(F)(F)F)n(N)c3C(N)=O)cc2)c1. The van der Waals surface area contributed by atoms with Crippen LogP contribution < -0.4 is 16.9 Å². The number of nitrogens with one attached hydrogen (secondary N) is 1. The van der Waals surface area contributed by atoms with Crippen molar-refractivity contribution in [2.75, 3.05) is 17.7 Å². The highest BCUT2D eigenvalue weighted by Crippen LogP contribution is 2.34. The van der Waals surface area contributed by atoms with Gasteiger partial charge in [-0.25, -0.2) is 14.6 Å². The Hall–Kier alpha value is -4.68. The van der Waals surface area contributed by atoms with E-state index < -0.39 is 29.9 Å². The van der Waals surface area contributed by atoms with Crippen LogP contribution in [0.25, 0.3) is 11.3 Å². The van der Waals surface area contributed by atoms with Crippen LogP contribution >= 0.6 is 0 Å². The quantitative estimate of drug-likeness (QED) is 0.321. The third-order valence-electron chi connectivity index (χ3n) is 6.25. The van der Waals surface area contributed by atoms with E-state index in [2.05, 4.69) is 15.3 Å². The molecule has 0 saturated carbocycles. The first-order valence-corrected chi connectivity index (χ1v) is 12.0. The topological polar surface area (TPSA) is 149 Å². The number of amides is 3. The molecule has 2 aromatic heterocycles. The number of aromatic nitrogens is 3. The van der Waals surface area contributed by atoms with Crippen molar-refractivity contribution >= 4 is 23.5 Å². The number of piperidine rings is 1. The standard InChI is InChI=1S/C26H26F3N7O3/c1-15-10-12-32-19(14-15)33-25(39)17-7-5-16(6-8-17)21-22(23(30)38)36(31)24(34-21)18-4-2-3-13-35(18)20(37)9-11-26(27,28)29/h5-12,14,18H,2-4,13,31H2,1H3,(H2,30,38)(H,32,33,39). The van der Waals surface area contributed by atoms with E-state index in [0.29, 0.717) is 42.3 Å². The predicted molar refractivity (Wildman–Crippen MR) is 137 cm³/mol. The van der Waals surface area contributed by atoms with Gasteiger partial charge in [-0.05, 0) is 56.0 Å². The summed E-state index contributed by atoms with van der Waals surface area (Å²) in [6.45, 7) is 2.06. The molecule has 4 rings (SSSR count). The third kappa shape index (κ3) is 6.25. The summed E-state index contributed by atoms with van der Waals surface area (Å²) in [6, 6.07) is 8.93. The van der Waals surface area contributed by atoms with Crippen molar-refractivity contribution < 1.29 is 27.6 Å². The summed E-state index contributed by atoms with van der Waals surface area (Å²) in [5.74, 6) is 4.57. The van der Waals surface area contributed by atoms with Gasteiger partial charge >= 0.3 is 6.18 Å². The van der Waals surface area contributed by atoms with Gasteiger partial charge in [-0.3, -0.25) is 14.4 Å². The number of nitrogens with two attached hydrogens (primary N) is 2. The lowest BCUT2D eigenvalue weighted by molar-refractivity contribution is -0.130. The first-order valence-electron chi connectivity index (χ1n) is 12.0. The van der Waals surface area contributed by atoms with E-state index in [4.69, 9.17) is 11.6 Å². The number of allylic oxidation sites excluding steroid dienone is 1. The Morgan fingerprint density at radius 1 is 1.13 bits per heavy atom. The van der Waals surface area contributed by atoms with Crippen molar-refractivity contribution in [1.82, 2.24) is 19.5 Å². The maximum Gasteiger partial charge on any atom is 0.409 e. The largest absolute Gasteiger partial charge is 0.409 e. The second-order valence-electron chi connectivity index (χ2n) is 9.07. The number of alkyl halides is 3. The number of hydrogen-bond acceptors (Lipinski definition) is 6. The van der Waals surface area contributed by atoms with Gasteiger partial charge in [-0.15, -0.1) is 0 Å². The van der Waals surface area contributed by atoms with E-state index in [9.17, 15) is 27.6 Å². The number of halogens is 3. The second-order valence-corrected chi connectivity index (χ2v) is 9.07. The van der Waals surface area contributed by atoms with Crippen molar-refractivity contribution in [3.8, 4) is 11.3 Å². The van der Waals surface area contributed by atoms with Crippen molar-refractivity contribution in [1.29, 1.82) is 0 Å². The predicted octanol–water partition coefficient (Wildman–Crippen LogP) is 3.49. The molecule has 0 radical (unpaired) electrons. The Morgan fingerprint density at radius 3 is 2.49 bits per heavy atom. The van der Waals surface area contributed by atoms with Gasteiger partial charge in [0.05, 0.1) is 6.04 Å². The van der Waals surface area contributed by atoms with Crippen molar-refractivity contribution in [3.05, 3.63) is 77.4 Å². The fraction of sp³-hybridized carbons (Fsp3) is 0.269. The molecular weight excluding hydrogens is 515 g/mol. The number of imidazole rings is 1. The minimum absolute atomic E-state index is 0.111. The minimum atomic E-state index is -4.64. The Morgan fingerprint density at radius 2 is 1.85 bits per heavy atom. The van der Waals surface area contributed by atoms with Crippen LogP contribution in [-0.4, -0.2) is 50.0 Å². The van der Waals surface area contributed by atoms with Crippen molar-refractivity contribution in [2.24, 2.45) is 5.73 Å². The molecule has 1 fully saturated rings. The van der Waals surface area contributed by atoms with Crippen molar-refractivity contribution in [2.45, 2.75) is 38.4 Å². The summed E-state index contributed by atoms with van der Waals surface area (Å²) < 4.78 is 38.9. The maximum atomic E-state index is 12.6. The highest BCUT2D eigenvalue weighted by Gasteiger charge is 2.34. The normalized spacial score (nSPS) is 15.9. The highest BCUT2D eigenvalue weighted by atomic mass is 19.4. The molecule has 1 atom stereocenters. The van der Waals surface area contributed by atoms with E-state index in [1.54, 1.807) is 30.5 Å². The molecule has 1 aliphatic rings. The van der Waals surface area contributed by atoms with E-state index in [1.165, 1.54) is 17.0 Å². The van der Waals surface area contributed by atoms with Gasteiger partial charge in [-0.1, -0.05) is 12.1 Å². The summed E-state index contributed by atoms with van der Waals surface area (Å²) in [7, 11) is 0. The number of primary amides is 1. The Balaban J connectivity index is 1.64. The van der Waals surface area contributed by atoms with Crippen LogP contribution in [0.5, 0.6) is 0 Å². The Kier molecular flexibility index (Phi) is 7.70. The number of hydrogen-bond donors (Lipinski definition) is 3. The van der Waals surface area contributed by atoms with Crippen molar-refractivity contribution in [3.63, 3.8) is 0 Å². The van der Waals surface area contributed by atoms with Gasteiger partial charge in [0, 0.05) is 36.0 Å². The van der Waals surface area contributed by atoms with Crippen LogP contribution in [0.15, 0.2) is 54.7 Å². The maximum absolute atomic E-state index is 12.6. The first-order chi connectivity index (χ1) is 18.4. The summed E-state index contributed by atoms with van der Waals surface area (Å²) in [4.78, 5) is 47.5. The molecule has 1 unspecified atom stereocenters. The average molecular weight is 542 g/mol. The molecule has 1 saturated heterocycles. The average Bonchev–Trinajstić information content (AvgIpc) is 3.24. The molecule has 13 heteroatoms. The highest BCUT2D eigenvalue weighted by molar-refractivity contribution is 6.04. The molecule has 3 heterocycles. The summed E-state index contributed by atoms with van der Waals surface area (Å²) in [5.41, 5.74) is 7.24. The number of nitrogen functional groups attached to an aromatic ring is 1. The van der Waals surface area contributed by atoms with E-state index >= 15 is 0 Å². The van der Waals surface area contributed by atoms with Gasteiger partial charge in [0.1, 0.15) is 11.5 Å². The van der Waals surface area contributed by atoms with Gasteiger partial charge in [0.15, 0.2) is 11.5 Å². The molecule has 1 aromatic carbocycles. The molecule has 0 spiro atoms. The lowest BCUT2D eigenvalue weighted by atomic mass is 10.0. The number of carbonyl (C=O) groups excluding carboxylic acids is 3. The number of nitrogens with zero attached hydrogens (tertiary/aromatic N) is 4. The van der Waals surface area contributed by atoms with E-state index in [-0.39, 0.29) is 29.8 Å². The van der Waals surface area contributed by atoms with Crippen LogP contribution in [0.4, 0.5) is 19.0 Å². The van der Waals surface area contributed by atoms with E-state index in [1.807, 2.05) is 6.92 Å². The van der Waals surface area contributed by atoms with Gasteiger partial charge in [-0.2, -0.15) is 13.2 Å². The van der Waals surface area contributed by atoms with E-state index in [0.717, 1.165) is 10.2 Å². The Bertz CT molecular complexity index is 1430. The molecule has 3 aromatic rings. The van der Waals surface area contributed by atoms with Crippen LogP contribution in [0.1, 0.15) is 57.5 Å². The number of pyridine rings is 1. The minimum Gasteiger partial charge on any atom is -0.364 e. The van der Waals surface area contributed by atoms with Crippen LogP contribution in [0, 0.1) is 6.92 Å². The molecule has 39 heavy (non-hydrogen) atoms. The van der Waals surface area contributed by atoms with Gasteiger partial charge in [0.2, 0.25) is 5.91 Å². The van der Waals surface area contributed by atoms with Crippen LogP contribution in [-0.2, 0) is 4.79 Å². The lowest BCUT2D eigenvalue weighted by Gasteiger charge is -2.34. The molecule has 0 bridgehead atoms. The molecular formula is C26H26F3N7O3. The fourth-order valence-corrected chi connectivity index (χ4v) is 4.42. The number of likely N-dealkylation sites (tertiary alicyclic amines) is 1. The molecule has 204 valence electrons. The third-order valence-corrected chi connectivity index (χ3v) is 6.25. The summed E-state index contributed by atoms with van der Waals surface area (Å²) >= 11 is 0. The zero-order valence-electron chi connectivity index (χ0n) is 20.9. The molecule has 10 nitrogen and oxygen atoms in total. The van der Waals surface area contributed by atoms with Gasteiger partial charge < -0.3 is 21.8 Å². The number of rotatable bonds is 6. The zero-order valence-corrected chi connectivity index (χ0v) is 20.9. The number of carbonyl (C=O) groups is 3. The lowest BCUT2D eigenvalue weighted by Crippen LogP contribution is -2.40. The number of benzene rings is 1. The fourth-order valence-electron chi connectivity index (χ4n) is 4.42. The number of aryl methyl sites for hydroxylation is 1. The monoisotopic (exact) mass is 541 g/mol. The van der Waals surface area contributed by atoms with Crippen LogP contribution in [0.2, 0.25) is 0 Å². The molecule has 1 aliphatic heterocycles. The van der Waals surface area contributed by atoms with Crippen LogP contribution in [0.3, 0.4) is 0 Å². The summed E-state index contributed by atoms with van der Waals surface area (Å²) in [6.07, 6.45) is -1.08. The Labute approximate surface area is 221 Å². The molecule has 5 N–H and O–H groups in total. The number of anilines is 1. The first kappa shape index (κ1) is 27.4. The zero-order chi connectivity index (χ0) is 28.3. The smallest absolute Gasteiger partial charge is 0.364 e. The second kappa shape index (κ2) is 11.0. The molecule has 3 amide bonds. The van der Waals surface area contributed by atoms with Gasteiger partial charge in [0.25, 0.3) is 11.8 Å².